The molecule has 0 saturated carbocycles. The quantitative estimate of drug-likeness (QED) is 0.746. The van der Waals surface area contributed by atoms with E-state index < -0.39 is 6.10 Å². The number of hydrogen-bond donors (Lipinski definition) is 2. The number of aliphatic hydroxyl groups is 1. The molecular weight excluding hydrogens is 204 g/mol. The second-order valence-electron chi connectivity index (χ2n) is 5.58. The van der Waals surface area contributed by atoms with E-state index in [4.69, 9.17) is 0 Å². The Kier molecular flexibility index (Phi) is 4.74. The van der Waals surface area contributed by atoms with Gasteiger partial charge in [-0.15, -0.1) is 0 Å². The molecule has 1 heterocycles. The van der Waals surface area contributed by atoms with E-state index in [1.165, 1.54) is 0 Å². The average Bonchev–Trinajstić information content (AvgIpc) is 2.18. The Labute approximate surface area is 98.0 Å². The molecule has 0 bridgehead atoms. The standard InChI is InChI=1S/C12H24N2O2/c1-12(2,3)13-8-10(15)9-14-7-5-4-6-11(14)16/h10,13,15H,4-9H2,1-3H3. The topological polar surface area (TPSA) is 52.6 Å². The van der Waals surface area contributed by atoms with Crippen LogP contribution in [0.1, 0.15) is 40.0 Å². The zero-order valence-corrected chi connectivity index (χ0v) is 10.6. The molecule has 0 spiro atoms. The fraction of sp³-hybridized carbons (Fsp3) is 0.917. The van der Waals surface area contributed by atoms with Gasteiger partial charge in [0, 0.05) is 31.6 Å². The van der Waals surface area contributed by atoms with E-state index >= 15 is 0 Å². The van der Waals surface area contributed by atoms with Gasteiger partial charge < -0.3 is 15.3 Å². The number of β-amino-alcohol motifs (C(OH)–C–C–N with tert-alkyl or cyclic N) is 1. The Morgan fingerprint density at radius 2 is 2.12 bits per heavy atom. The molecule has 1 atom stereocenters. The van der Waals surface area contributed by atoms with Gasteiger partial charge in [0.05, 0.1) is 6.10 Å². The Hall–Kier alpha value is -0.610. The van der Waals surface area contributed by atoms with Crippen molar-refractivity contribution < 1.29 is 9.90 Å². The first-order chi connectivity index (χ1) is 7.38. The highest BCUT2D eigenvalue weighted by Gasteiger charge is 2.21. The minimum Gasteiger partial charge on any atom is -0.390 e. The van der Waals surface area contributed by atoms with E-state index in [-0.39, 0.29) is 11.4 Å². The molecule has 4 heteroatoms. The van der Waals surface area contributed by atoms with Gasteiger partial charge in [-0.3, -0.25) is 4.79 Å². The minimum atomic E-state index is -0.471. The number of carbonyl (C=O) groups is 1. The number of nitrogens with zero attached hydrogens (tertiary/aromatic N) is 1. The molecule has 1 aliphatic rings. The number of piperidine rings is 1. The van der Waals surface area contributed by atoms with Crippen molar-refractivity contribution in [3.8, 4) is 0 Å². The summed E-state index contributed by atoms with van der Waals surface area (Å²) in [5, 5.41) is 13.1. The molecule has 1 amide bonds. The van der Waals surface area contributed by atoms with E-state index in [1.807, 2.05) is 0 Å². The van der Waals surface area contributed by atoms with Gasteiger partial charge in [-0.25, -0.2) is 0 Å². The zero-order valence-electron chi connectivity index (χ0n) is 10.6. The first kappa shape index (κ1) is 13.5. The predicted octanol–water partition coefficient (Wildman–Crippen LogP) is 0.748. The van der Waals surface area contributed by atoms with Crippen LogP contribution in [0.2, 0.25) is 0 Å². The molecule has 1 unspecified atom stereocenters. The molecule has 0 radical (unpaired) electrons. The lowest BCUT2D eigenvalue weighted by Crippen LogP contribution is -2.47. The van der Waals surface area contributed by atoms with Crippen molar-refractivity contribution in [1.82, 2.24) is 10.2 Å². The molecule has 1 fully saturated rings. The van der Waals surface area contributed by atoms with Crippen LogP contribution in [0, 0.1) is 0 Å². The average molecular weight is 228 g/mol. The maximum Gasteiger partial charge on any atom is 0.222 e. The van der Waals surface area contributed by atoms with Crippen molar-refractivity contribution in [3.63, 3.8) is 0 Å². The third kappa shape index (κ3) is 4.94. The van der Waals surface area contributed by atoms with Crippen LogP contribution in [0.15, 0.2) is 0 Å². The number of likely N-dealkylation sites (tertiary alicyclic amines) is 1. The highest BCUT2D eigenvalue weighted by Crippen LogP contribution is 2.10. The summed E-state index contributed by atoms with van der Waals surface area (Å²) in [5.74, 6) is 0.182. The largest absolute Gasteiger partial charge is 0.390 e. The molecule has 1 rings (SSSR count). The highest BCUT2D eigenvalue weighted by atomic mass is 16.3. The third-order valence-electron chi connectivity index (χ3n) is 2.72. The summed E-state index contributed by atoms with van der Waals surface area (Å²) in [5.41, 5.74) is 0.00683. The highest BCUT2D eigenvalue weighted by molar-refractivity contribution is 5.76. The number of aliphatic hydroxyl groups excluding tert-OH is 1. The van der Waals surface area contributed by atoms with Crippen molar-refractivity contribution in [2.75, 3.05) is 19.6 Å². The first-order valence-corrected chi connectivity index (χ1v) is 6.09. The van der Waals surface area contributed by atoms with Gasteiger partial charge in [0.25, 0.3) is 0 Å². The fourth-order valence-electron chi connectivity index (χ4n) is 1.80. The molecule has 1 aliphatic heterocycles. The lowest BCUT2D eigenvalue weighted by Gasteiger charge is -2.30. The SMILES string of the molecule is CC(C)(C)NCC(O)CN1CCCCC1=O. The monoisotopic (exact) mass is 228 g/mol. The zero-order chi connectivity index (χ0) is 12.2. The maximum atomic E-state index is 11.5. The van der Waals surface area contributed by atoms with Gasteiger partial charge in [-0.05, 0) is 33.6 Å². The smallest absolute Gasteiger partial charge is 0.222 e. The Balaban J connectivity index is 2.27. The second kappa shape index (κ2) is 5.64. The Bertz CT molecular complexity index is 236. The van der Waals surface area contributed by atoms with Crippen LogP contribution >= 0.6 is 0 Å². The van der Waals surface area contributed by atoms with Crippen LogP contribution in [0.3, 0.4) is 0 Å². The number of hydrogen-bond acceptors (Lipinski definition) is 3. The van der Waals surface area contributed by atoms with Crippen LogP contribution in [0.5, 0.6) is 0 Å². The van der Waals surface area contributed by atoms with Gasteiger partial charge >= 0.3 is 0 Å². The van der Waals surface area contributed by atoms with Crippen molar-refractivity contribution in [3.05, 3.63) is 0 Å². The van der Waals surface area contributed by atoms with Crippen molar-refractivity contribution in [2.45, 2.75) is 51.7 Å². The predicted molar refractivity (Wildman–Crippen MR) is 64.2 cm³/mol. The Morgan fingerprint density at radius 1 is 1.44 bits per heavy atom. The number of amides is 1. The van der Waals surface area contributed by atoms with Gasteiger partial charge in [-0.1, -0.05) is 0 Å². The summed E-state index contributed by atoms with van der Waals surface area (Å²) >= 11 is 0. The first-order valence-electron chi connectivity index (χ1n) is 6.09. The lowest BCUT2D eigenvalue weighted by molar-refractivity contribution is -0.134. The van der Waals surface area contributed by atoms with E-state index in [1.54, 1.807) is 4.90 Å². The molecule has 16 heavy (non-hydrogen) atoms. The van der Waals surface area contributed by atoms with Gasteiger partial charge in [0.2, 0.25) is 5.91 Å². The summed E-state index contributed by atoms with van der Waals surface area (Å²) in [6, 6.07) is 0. The molecule has 0 aromatic heterocycles. The summed E-state index contributed by atoms with van der Waals surface area (Å²) in [6.07, 6.45) is 2.22. The summed E-state index contributed by atoms with van der Waals surface area (Å²) < 4.78 is 0. The number of carbonyl (C=O) groups excluding carboxylic acids is 1. The molecule has 4 nitrogen and oxygen atoms in total. The van der Waals surface area contributed by atoms with Crippen LogP contribution in [0.4, 0.5) is 0 Å². The molecule has 1 saturated heterocycles. The summed E-state index contributed by atoms with van der Waals surface area (Å²) in [6.45, 7) is 7.98. The van der Waals surface area contributed by atoms with Crippen molar-refractivity contribution >= 4 is 5.91 Å². The van der Waals surface area contributed by atoms with Crippen LogP contribution in [-0.4, -0.2) is 47.2 Å². The molecular formula is C12H24N2O2. The van der Waals surface area contributed by atoms with Crippen LogP contribution < -0.4 is 5.32 Å². The normalized spacial score (nSPS) is 20.0. The molecule has 2 N–H and O–H groups in total. The lowest BCUT2D eigenvalue weighted by atomic mass is 10.1. The minimum absolute atomic E-state index is 0.00683. The van der Waals surface area contributed by atoms with Gasteiger partial charge in [-0.2, -0.15) is 0 Å². The summed E-state index contributed by atoms with van der Waals surface area (Å²) in [7, 11) is 0. The maximum absolute atomic E-state index is 11.5. The molecule has 0 aliphatic carbocycles. The molecule has 94 valence electrons. The van der Waals surface area contributed by atoms with Crippen LogP contribution in [0.25, 0.3) is 0 Å². The number of nitrogens with one attached hydrogen (secondary N) is 1. The van der Waals surface area contributed by atoms with Crippen molar-refractivity contribution in [2.24, 2.45) is 0 Å². The van der Waals surface area contributed by atoms with Crippen LogP contribution in [-0.2, 0) is 4.79 Å². The molecule has 0 aromatic carbocycles. The third-order valence-corrected chi connectivity index (χ3v) is 2.72. The van der Waals surface area contributed by atoms with Crippen molar-refractivity contribution in [1.29, 1.82) is 0 Å². The second-order valence-corrected chi connectivity index (χ2v) is 5.58. The summed E-state index contributed by atoms with van der Waals surface area (Å²) in [4.78, 5) is 13.3. The molecule has 0 aromatic rings. The van der Waals surface area contributed by atoms with E-state index in [0.717, 1.165) is 19.4 Å². The Morgan fingerprint density at radius 3 is 2.69 bits per heavy atom. The van der Waals surface area contributed by atoms with E-state index in [0.29, 0.717) is 19.5 Å². The van der Waals surface area contributed by atoms with Gasteiger partial charge in [0.15, 0.2) is 0 Å². The van der Waals surface area contributed by atoms with E-state index in [2.05, 4.69) is 26.1 Å². The number of rotatable bonds is 4. The van der Waals surface area contributed by atoms with Gasteiger partial charge in [0.1, 0.15) is 0 Å². The van der Waals surface area contributed by atoms with E-state index in [9.17, 15) is 9.90 Å². The fourth-order valence-corrected chi connectivity index (χ4v) is 1.80.